The van der Waals surface area contributed by atoms with Crippen molar-refractivity contribution in [2.75, 3.05) is 6.61 Å². The van der Waals surface area contributed by atoms with E-state index in [1.54, 1.807) is 25.1 Å². The van der Waals surface area contributed by atoms with E-state index in [2.05, 4.69) is 5.32 Å². The molecule has 0 aliphatic heterocycles. The van der Waals surface area contributed by atoms with Crippen LogP contribution in [-0.2, 0) is 16.1 Å². The number of amides is 2. The number of hydrogen-bond donors (Lipinski definition) is 1. The number of nitrogens with zero attached hydrogens (tertiary/aromatic N) is 1. The van der Waals surface area contributed by atoms with Crippen LogP contribution in [-0.4, -0.2) is 35.4 Å². The Morgan fingerprint density at radius 1 is 1.07 bits per heavy atom. The van der Waals surface area contributed by atoms with Crippen LogP contribution in [0.4, 0.5) is 4.39 Å². The lowest BCUT2D eigenvalue weighted by Gasteiger charge is -2.30. The van der Waals surface area contributed by atoms with Crippen LogP contribution in [0.15, 0.2) is 42.5 Å². The van der Waals surface area contributed by atoms with Gasteiger partial charge in [0.25, 0.3) is 5.91 Å². The van der Waals surface area contributed by atoms with Crippen LogP contribution in [0.2, 0.25) is 10.0 Å². The summed E-state index contributed by atoms with van der Waals surface area (Å²) in [5.74, 6) is -0.803. The van der Waals surface area contributed by atoms with Gasteiger partial charge in [0.05, 0.1) is 0 Å². The normalized spacial score (nSPS) is 11.8. The van der Waals surface area contributed by atoms with Gasteiger partial charge in [-0.15, -0.1) is 0 Å². The van der Waals surface area contributed by atoms with Gasteiger partial charge in [0, 0.05) is 28.2 Å². The van der Waals surface area contributed by atoms with Crippen molar-refractivity contribution in [3.63, 3.8) is 0 Å². The number of halogens is 3. The molecule has 29 heavy (non-hydrogen) atoms. The number of benzene rings is 2. The van der Waals surface area contributed by atoms with Gasteiger partial charge in [-0.25, -0.2) is 4.39 Å². The summed E-state index contributed by atoms with van der Waals surface area (Å²) >= 11 is 12.5. The van der Waals surface area contributed by atoms with Crippen LogP contribution in [0.5, 0.6) is 5.75 Å². The first-order valence-corrected chi connectivity index (χ1v) is 9.85. The van der Waals surface area contributed by atoms with Crippen LogP contribution < -0.4 is 10.1 Å². The van der Waals surface area contributed by atoms with Crippen molar-refractivity contribution in [1.29, 1.82) is 0 Å². The second-order valence-corrected chi connectivity index (χ2v) is 7.62. The van der Waals surface area contributed by atoms with Crippen LogP contribution >= 0.6 is 23.2 Å². The Balaban J connectivity index is 2.21. The first-order valence-electron chi connectivity index (χ1n) is 9.10. The monoisotopic (exact) mass is 440 g/mol. The maximum absolute atomic E-state index is 13.0. The Kier molecular flexibility index (Phi) is 8.29. The molecule has 0 radical (unpaired) electrons. The van der Waals surface area contributed by atoms with Gasteiger partial charge in [-0.1, -0.05) is 29.3 Å². The second kappa shape index (κ2) is 10.5. The molecule has 0 aliphatic rings. The molecule has 0 aliphatic carbocycles. The fourth-order valence-electron chi connectivity index (χ4n) is 2.60. The molecule has 156 valence electrons. The van der Waals surface area contributed by atoms with E-state index in [1.807, 2.05) is 13.8 Å². The Hall–Kier alpha value is -2.31. The van der Waals surface area contributed by atoms with E-state index in [9.17, 15) is 14.0 Å². The Bertz CT molecular complexity index is 839. The molecule has 0 aromatic heterocycles. The maximum Gasteiger partial charge on any atom is 0.261 e. The lowest BCUT2D eigenvalue weighted by molar-refractivity contribution is -0.142. The standard InChI is InChI=1S/C21H23Cl2FN2O3/c1-13(2)25-21(28)14(3)26(11-17-18(22)5-4-6-19(17)23)20(27)12-29-16-9-7-15(24)8-10-16/h4-10,13-14H,11-12H2,1-3H3,(H,25,28)/t14-/m1/s1. The summed E-state index contributed by atoms with van der Waals surface area (Å²) < 4.78 is 18.5. The highest BCUT2D eigenvalue weighted by Crippen LogP contribution is 2.26. The predicted octanol–water partition coefficient (Wildman–Crippen LogP) is 4.45. The lowest BCUT2D eigenvalue weighted by Crippen LogP contribution is -2.50. The number of rotatable bonds is 8. The summed E-state index contributed by atoms with van der Waals surface area (Å²) in [6.07, 6.45) is 0. The molecular weight excluding hydrogens is 418 g/mol. The van der Waals surface area contributed by atoms with Gasteiger partial charge in [0.2, 0.25) is 5.91 Å². The van der Waals surface area contributed by atoms with E-state index in [0.717, 1.165) is 0 Å². The maximum atomic E-state index is 13.0. The van der Waals surface area contributed by atoms with Crippen LogP contribution in [0.25, 0.3) is 0 Å². The minimum atomic E-state index is -0.783. The highest BCUT2D eigenvalue weighted by molar-refractivity contribution is 6.36. The Morgan fingerprint density at radius 2 is 1.66 bits per heavy atom. The number of ether oxygens (including phenoxy) is 1. The zero-order valence-corrected chi connectivity index (χ0v) is 17.9. The smallest absolute Gasteiger partial charge is 0.261 e. The quantitative estimate of drug-likeness (QED) is 0.659. The van der Waals surface area contributed by atoms with Crippen molar-refractivity contribution in [3.05, 3.63) is 63.9 Å². The molecule has 0 saturated heterocycles. The first-order chi connectivity index (χ1) is 13.7. The molecule has 2 aromatic carbocycles. The van der Waals surface area contributed by atoms with E-state index in [4.69, 9.17) is 27.9 Å². The van der Waals surface area contributed by atoms with Gasteiger partial charge >= 0.3 is 0 Å². The molecule has 2 amide bonds. The minimum Gasteiger partial charge on any atom is -0.484 e. The van der Waals surface area contributed by atoms with Crippen molar-refractivity contribution in [1.82, 2.24) is 10.2 Å². The molecule has 0 bridgehead atoms. The van der Waals surface area contributed by atoms with Crippen LogP contribution in [0.3, 0.4) is 0 Å². The highest BCUT2D eigenvalue weighted by Gasteiger charge is 2.28. The van der Waals surface area contributed by atoms with Gasteiger partial charge in [0.1, 0.15) is 17.6 Å². The molecule has 8 heteroatoms. The number of nitrogens with one attached hydrogen (secondary N) is 1. The van der Waals surface area contributed by atoms with Gasteiger partial charge < -0.3 is 15.0 Å². The third-order valence-corrected chi connectivity index (χ3v) is 4.87. The van der Waals surface area contributed by atoms with Crippen molar-refractivity contribution >= 4 is 35.0 Å². The summed E-state index contributed by atoms with van der Waals surface area (Å²) in [7, 11) is 0. The molecule has 2 rings (SSSR count). The minimum absolute atomic E-state index is 0.0385. The second-order valence-electron chi connectivity index (χ2n) is 6.80. The molecule has 0 fully saturated rings. The van der Waals surface area contributed by atoms with E-state index in [1.165, 1.54) is 29.2 Å². The van der Waals surface area contributed by atoms with E-state index >= 15 is 0 Å². The van der Waals surface area contributed by atoms with Crippen LogP contribution in [0.1, 0.15) is 26.3 Å². The highest BCUT2D eigenvalue weighted by atomic mass is 35.5. The fraction of sp³-hybridized carbons (Fsp3) is 0.333. The summed E-state index contributed by atoms with van der Waals surface area (Å²) in [5, 5.41) is 3.58. The molecule has 0 spiro atoms. The van der Waals surface area contributed by atoms with Gasteiger partial charge in [-0.3, -0.25) is 9.59 Å². The summed E-state index contributed by atoms with van der Waals surface area (Å²) in [6, 6.07) is 9.49. The third-order valence-electron chi connectivity index (χ3n) is 4.16. The van der Waals surface area contributed by atoms with Crippen molar-refractivity contribution in [2.24, 2.45) is 0 Å². The van der Waals surface area contributed by atoms with Gasteiger partial charge in [-0.2, -0.15) is 0 Å². The average Bonchev–Trinajstić information content (AvgIpc) is 2.66. The SMILES string of the molecule is CC(C)NC(=O)[C@@H](C)N(Cc1c(Cl)cccc1Cl)C(=O)COc1ccc(F)cc1. The topological polar surface area (TPSA) is 58.6 Å². The molecule has 2 aromatic rings. The molecule has 0 heterocycles. The largest absolute Gasteiger partial charge is 0.484 e. The molecule has 5 nitrogen and oxygen atoms in total. The van der Waals surface area contributed by atoms with Gasteiger partial charge in [-0.05, 0) is 57.2 Å². The fourth-order valence-corrected chi connectivity index (χ4v) is 3.12. The third kappa shape index (κ3) is 6.61. The zero-order valence-electron chi connectivity index (χ0n) is 16.4. The molecule has 0 unspecified atom stereocenters. The number of carbonyl (C=O) groups excluding carboxylic acids is 2. The summed E-state index contributed by atoms with van der Waals surface area (Å²) in [6.45, 7) is 5.00. The van der Waals surface area contributed by atoms with Crippen LogP contribution in [0, 0.1) is 5.82 Å². The average molecular weight is 441 g/mol. The van der Waals surface area contributed by atoms with E-state index < -0.39 is 17.8 Å². The zero-order chi connectivity index (χ0) is 21.6. The lowest BCUT2D eigenvalue weighted by atomic mass is 10.1. The first kappa shape index (κ1) is 23.0. The predicted molar refractivity (Wildman–Crippen MR) is 112 cm³/mol. The van der Waals surface area contributed by atoms with Crippen molar-refractivity contribution in [3.8, 4) is 5.75 Å². The summed E-state index contributed by atoms with van der Waals surface area (Å²) in [4.78, 5) is 26.8. The Labute approximate surface area is 179 Å². The van der Waals surface area contributed by atoms with E-state index in [-0.39, 0.29) is 25.1 Å². The van der Waals surface area contributed by atoms with E-state index in [0.29, 0.717) is 21.4 Å². The molecular formula is C21H23Cl2FN2O3. The number of carbonyl (C=O) groups is 2. The van der Waals surface area contributed by atoms with Crippen molar-refractivity contribution < 1.29 is 18.7 Å². The molecule has 1 atom stereocenters. The molecule has 1 N–H and O–H groups in total. The molecule has 0 saturated carbocycles. The van der Waals surface area contributed by atoms with Gasteiger partial charge in [0.15, 0.2) is 6.61 Å². The Morgan fingerprint density at radius 3 is 2.21 bits per heavy atom. The van der Waals surface area contributed by atoms with Crippen molar-refractivity contribution in [2.45, 2.75) is 39.4 Å². The number of hydrogen-bond acceptors (Lipinski definition) is 3. The summed E-state index contributed by atoms with van der Waals surface area (Å²) in [5.41, 5.74) is 0.537.